The van der Waals surface area contributed by atoms with Gasteiger partial charge in [0.1, 0.15) is 6.73 Å². The van der Waals surface area contributed by atoms with Gasteiger partial charge in [0.15, 0.2) is 6.29 Å². The number of rotatable bonds is 1. The van der Waals surface area contributed by atoms with E-state index in [1.807, 2.05) is 16.8 Å². The van der Waals surface area contributed by atoms with Crippen LogP contribution in [0.25, 0.3) is 0 Å². The Kier molecular flexibility index (Phi) is 1.11. The number of aromatic nitrogens is 1. The number of ether oxygens (including phenoxy) is 1. The number of hydrogen-bond donors (Lipinski definition) is 0. The van der Waals surface area contributed by atoms with Gasteiger partial charge in [0.25, 0.3) is 0 Å². The van der Waals surface area contributed by atoms with Gasteiger partial charge in [-0.25, -0.2) is 0 Å². The zero-order valence-electron chi connectivity index (χ0n) is 5.41. The summed E-state index contributed by atoms with van der Waals surface area (Å²) in [7, 11) is 0. The van der Waals surface area contributed by atoms with Crippen LogP contribution in [0, 0.1) is 0 Å². The molecular weight excluding hydrogens is 130 g/mol. The number of carbonyl (C=O) groups is 1. The smallest absolute Gasteiger partial charge is 0.151 e. The Morgan fingerprint density at radius 1 is 1.70 bits per heavy atom. The van der Waals surface area contributed by atoms with Crippen LogP contribution in [0.2, 0.25) is 0 Å². The second-order valence-electron chi connectivity index (χ2n) is 2.28. The molecule has 0 spiro atoms. The van der Waals surface area contributed by atoms with Gasteiger partial charge in [-0.2, -0.15) is 0 Å². The zero-order valence-corrected chi connectivity index (χ0v) is 5.41. The first-order chi connectivity index (χ1) is 4.92. The predicted octanol–water partition coefficient (Wildman–Crippen LogP) is 0.788. The molecular formula is C7H7NO2. The Morgan fingerprint density at radius 3 is 3.40 bits per heavy atom. The Morgan fingerprint density at radius 2 is 2.60 bits per heavy atom. The fourth-order valence-corrected chi connectivity index (χ4v) is 1.16. The summed E-state index contributed by atoms with van der Waals surface area (Å²) in [6, 6.07) is 1.81. The van der Waals surface area contributed by atoms with Gasteiger partial charge >= 0.3 is 0 Å². The molecule has 3 heteroatoms. The molecule has 1 aliphatic heterocycles. The Balaban J connectivity index is 2.53. The third-order valence-electron chi connectivity index (χ3n) is 1.71. The van der Waals surface area contributed by atoms with E-state index < -0.39 is 0 Å². The number of fused-ring (bicyclic) bond motifs is 1. The second kappa shape index (κ2) is 1.95. The average Bonchev–Trinajstić information content (AvgIpc) is 2.44. The van der Waals surface area contributed by atoms with E-state index in [0.29, 0.717) is 13.3 Å². The minimum Gasteiger partial charge on any atom is -0.355 e. The third kappa shape index (κ3) is 0.609. The van der Waals surface area contributed by atoms with Crippen molar-refractivity contribution in [1.29, 1.82) is 0 Å². The van der Waals surface area contributed by atoms with E-state index >= 15 is 0 Å². The molecule has 2 heterocycles. The highest BCUT2D eigenvalue weighted by Crippen LogP contribution is 2.16. The number of nitrogens with zero attached hydrogens (tertiary/aromatic N) is 1. The topological polar surface area (TPSA) is 31.2 Å². The zero-order chi connectivity index (χ0) is 6.97. The first-order valence-corrected chi connectivity index (χ1v) is 3.13. The van der Waals surface area contributed by atoms with Gasteiger partial charge in [0, 0.05) is 11.8 Å². The summed E-state index contributed by atoms with van der Waals surface area (Å²) < 4.78 is 7.04. The quantitative estimate of drug-likeness (QED) is 0.536. The maximum absolute atomic E-state index is 10.4. The molecule has 3 nitrogen and oxygen atoms in total. The van der Waals surface area contributed by atoms with Crippen LogP contribution in [0.15, 0.2) is 12.3 Å². The van der Waals surface area contributed by atoms with E-state index in [1.54, 1.807) is 0 Å². The molecule has 0 saturated carbocycles. The molecule has 10 heavy (non-hydrogen) atoms. The Hall–Kier alpha value is -1.09. The summed E-state index contributed by atoms with van der Waals surface area (Å²) in [6.45, 7) is 1.16. The van der Waals surface area contributed by atoms with E-state index in [4.69, 9.17) is 4.74 Å². The lowest BCUT2D eigenvalue weighted by molar-refractivity contribution is 0.106. The third-order valence-corrected chi connectivity index (χ3v) is 1.71. The van der Waals surface area contributed by atoms with E-state index in [0.717, 1.165) is 17.5 Å². The molecule has 0 N–H and O–H groups in total. The molecule has 0 atom stereocenters. The van der Waals surface area contributed by atoms with Gasteiger partial charge in [-0.1, -0.05) is 0 Å². The van der Waals surface area contributed by atoms with Gasteiger partial charge in [-0.15, -0.1) is 0 Å². The maximum Gasteiger partial charge on any atom is 0.151 e. The van der Waals surface area contributed by atoms with Crippen molar-refractivity contribution < 1.29 is 9.53 Å². The molecule has 0 radical (unpaired) electrons. The summed E-state index contributed by atoms with van der Waals surface area (Å²) in [5, 5.41) is 0. The van der Waals surface area contributed by atoms with Gasteiger partial charge in [-0.05, 0) is 6.07 Å². The van der Waals surface area contributed by atoms with Crippen molar-refractivity contribution in [2.45, 2.75) is 13.3 Å². The van der Waals surface area contributed by atoms with Crippen molar-refractivity contribution >= 4 is 6.29 Å². The number of hydrogen-bond acceptors (Lipinski definition) is 2. The lowest BCUT2D eigenvalue weighted by atomic mass is 10.3. The van der Waals surface area contributed by atoms with Crippen LogP contribution in [0.4, 0.5) is 0 Å². The average molecular weight is 137 g/mol. The molecule has 2 rings (SSSR count). The monoisotopic (exact) mass is 137 g/mol. The molecule has 1 aliphatic rings. The van der Waals surface area contributed by atoms with E-state index in [2.05, 4.69) is 0 Å². The van der Waals surface area contributed by atoms with Crippen LogP contribution < -0.4 is 0 Å². The van der Waals surface area contributed by atoms with Crippen molar-refractivity contribution in [3.05, 3.63) is 23.5 Å². The summed E-state index contributed by atoms with van der Waals surface area (Å²) in [5.41, 5.74) is 1.74. The minimum atomic E-state index is 0.571. The van der Waals surface area contributed by atoms with Crippen LogP contribution in [-0.2, 0) is 18.1 Å². The van der Waals surface area contributed by atoms with Gasteiger partial charge in [0.2, 0.25) is 0 Å². The Labute approximate surface area is 58.2 Å². The summed E-state index contributed by atoms with van der Waals surface area (Å²) in [6.07, 6.45) is 2.73. The molecule has 0 aromatic carbocycles. The SMILES string of the molecule is O=Cc1ccn2c1COC2. The highest BCUT2D eigenvalue weighted by molar-refractivity contribution is 5.76. The van der Waals surface area contributed by atoms with E-state index in [9.17, 15) is 4.79 Å². The molecule has 0 amide bonds. The molecule has 52 valence electrons. The van der Waals surface area contributed by atoms with Gasteiger partial charge in [0.05, 0.1) is 12.3 Å². The minimum absolute atomic E-state index is 0.571. The summed E-state index contributed by atoms with van der Waals surface area (Å²) in [5.74, 6) is 0. The molecule has 1 aromatic rings. The normalized spacial score (nSPS) is 15.2. The molecule has 0 bridgehead atoms. The van der Waals surface area contributed by atoms with Crippen LogP contribution in [-0.4, -0.2) is 10.9 Å². The van der Waals surface area contributed by atoms with E-state index in [-0.39, 0.29) is 0 Å². The molecule has 0 aliphatic carbocycles. The molecule has 0 saturated heterocycles. The summed E-state index contributed by atoms with van der Waals surface area (Å²) in [4.78, 5) is 10.4. The molecule has 0 fully saturated rings. The van der Waals surface area contributed by atoms with Crippen molar-refractivity contribution in [3.63, 3.8) is 0 Å². The van der Waals surface area contributed by atoms with Crippen LogP contribution in [0.3, 0.4) is 0 Å². The summed E-state index contributed by atoms with van der Waals surface area (Å²) >= 11 is 0. The first kappa shape index (κ1) is 5.68. The number of aldehydes is 1. The maximum atomic E-state index is 10.4. The van der Waals surface area contributed by atoms with Crippen LogP contribution in [0.1, 0.15) is 16.1 Å². The lowest BCUT2D eigenvalue weighted by Gasteiger charge is -1.89. The van der Waals surface area contributed by atoms with Crippen molar-refractivity contribution in [2.75, 3.05) is 0 Å². The van der Waals surface area contributed by atoms with Crippen LogP contribution in [0.5, 0.6) is 0 Å². The predicted molar refractivity (Wildman–Crippen MR) is 34.6 cm³/mol. The van der Waals surface area contributed by atoms with Gasteiger partial charge in [-0.3, -0.25) is 4.79 Å². The molecule has 1 aromatic heterocycles. The Bertz CT molecular complexity index is 265. The second-order valence-corrected chi connectivity index (χ2v) is 2.28. The van der Waals surface area contributed by atoms with Crippen molar-refractivity contribution in [1.82, 2.24) is 4.57 Å². The van der Waals surface area contributed by atoms with Crippen molar-refractivity contribution in [2.24, 2.45) is 0 Å². The number of carbonyl (C=O) groups excluding carboxylic acids is 1. The van der Waals surface area contributed by atoms with Gasteiger partial charge < -0.3 is 9.30 Å². The fourth-order valence-electron chi connectivity index (χ4n) is 1.16. The largest absolute Gasteiger partial charge is 0.355 e. The van der Waals surface area contributed by atoms with Crippen molar-refractivity contribution in [3.8, 4) is 0 Å². The van der Waals surface area contributed by atoms with E-state index in [1.165, 1.54) is 0 Å². The van der Waals surface area contributed by atoms with Crippen LogP contribution >= 0.6 is 0 Å². The molecule has 0 unspecified atom stereocenters. The highest BCUT2D eigenvalue weighted by atomic mass is 16.5. The highest BCUT2D eigenvalue weighted by Gasteiger charge is 2.13. The standard InChI is InChI=1S/C7H7NO2/c9-3-6-1-2-8-5-10-4-7(6)8/h1-3H,4-5H2. The first-order valence-electron chi connectivity index (χ1n) is 3.13. The lowest BCUT2D eigenvalue weighted by Crippen LogP contribution is -1.89. The fraction of sp³-hybridized carbons (Fsp3) is 0.286.